The van der Waals surface area contributed by atoms with E-state index in [2.05, 4.69) is 59.9 Å². The monoisotopic (exact) mass is 273 g/mol. The molecule has 1 saturated carbocycles. The second-order valence-electron chi connectivity index (χ2n) is 8.64. The van der Waals surface area contributed by atoms with E-state index in [0.29, 0.717) is 11.3 Å². The lowest BCUT2D eigenvalue weighted by Gasteiger charge is -2.36. The van der Waals surface area contributed by atoms with Crippen molar-refractivity contribution in [2.24, 2.45) is 11.3 Å². The van der Waals surface area contributed by atoms with Gasteiger partial charge in [-0.2, -0.15) is 0 Å². The maximum atomic E-state index is 4.76. The third-order valence-corrected chi connectivity index (χ3v) is 5.02. The Hall–Kier alpha value is -0.850. The molecule has 1 nitrogen and oxygen atoms in total. The molecule has 1 fully saturated rings. The van der Waals surface area contributed by atoms with Gasteiger partial charge in [0.1, 0.15) is 0 Å². The molecule has 112 valence electrons. The van der Waals surface area contributed by atoms with Crippen molar-refractivity contribution in [1.29, 1.82) is 0 Å². The van der Waals surface area contributed by atoms with Crippen LogP contribution in [0.25, 0.3) is 0 Å². The molecule has 0 atom stereocenters. The van der Waals surface area contributed by atoms with E-state index >= 15 is 0 Å². The molecule has 0 spiro atoms. The van der Waals surface area contributed by atoms with Crippen molar-refractivity contribution < 1.29 is 0 Å². The van der Waals surface area contributed by atoms with Crippen LogP contribution in [0.4, 0.5) is 0 Å². The quantitative estimate of drug-likeness (QED) is 0.639. The fraction of sp³-hybridized carbons (Fsp3) is 0.737. The Morgan fingerprint density at radius 3 is 1.90 bits per heavy atom. The summed E-state index contributed by atoms with van der Waals surface area (Å²) in [7, 11) is 0. The Morgan fingerprint density at radius 1 is 0.900 bits per heavy atom. The molecule has 1 aromatic heterocycles. The van der Waals surface area contributed by atoms with Crippen molar-refractivity contribution in [1.82, 2.24) is 4.98 Å². The minimum atomic E-state index is 0.204. The Kier molecular flexibility index (Phi) is 4.27. The molecule has 0 N–H and O–H groups in total. The van der Waals surface area contributed by atoms with Crippen molar-refractivity contribution in [3.8, 4) is 0 Å². The first kappa shape index (κ1) is 15.5. The predicted octanol–water partition coefficient (Wildman–Crippen LogP) is 5.70. The Morgan fingerprint density at radius 2 is 1.50 bits per heavy atom. The molecule has 0 aliphatic heterocycles. The first-order valence-corrected chi connectivity index (χ1v) is 8.14. The number of pyridine rings is 1. The van der Waals surface area contributed by atoms with Crippen LogP contribution in [-0.2, 0) is 5.41 Å². The van der Waals surface area contributed by atoms with E-state index in [-0.39, 0.29) is 5.41 Å². The lowest BCUT2D eigenvalue weighted by molar-refractivity contribution is 0.168. The van der Waals surface area contributed by atoms with Crippen LogP contribution in [-0.4, -0.2) is 4.98 Å². The van der Waals surface area contributed by atoms with E-state index in [0.717, 1.165) is 5.92 Å². The molecule has 2 rings (SSSR count). The molecule has 1 aromatic rings. The minimum absolute atomic E-state index is 0.204. The van der Waals surface area contributed by atoms with Crippen LogP contribution in [0.5, 0.6) is 0 Å². The van der Waals surface area contributed by atoms with Crippen LogP contribution < -0.4 is 0 Å². The highest BCUT2D eigenvalue weighted by atomic mass is 14.7. The van der Waals surface area contributed by atoms with E-state index in [9.17, 15) is 0 Å². The molecule has 1 heterocycles. The van der Waals surface area contributed by atoms with Crippen LogP contribution in [0.3, 0.4) is 0 Å². The van der Waals surface area contributed by atoms with Crippen molar-refractivity contribution in [2.75, 3.05) is 0 Å². The second kappa shape index (κ2) is 5.50. The summed E-state index contributed by atoms with van der Waals surface area (Å²) in [5.74, 6) is 1.57. The zero-order chi connectivity index (χ0) is 15.0. The third kappa shape index (κ3) is 3.62. The molecule has 20 heavy (non-hydrogen) atoms. The molecule has 0 bridgehead atoms. The lowest BCUT2D eigenvalue weighted by atomic mass is 9.69. The van der Waals surface area contributed by atoms with Gasteiger partial charge < -0.3 is 0 Å². The summed E-state index contributed by atoms with van der Waals surface area (Å²) in [5.41, 5.74) is 3.32. The van der Waals surface area contributed by atoms with Gasteiger partial charge in [-0.3, -0.25) is 4.98 Å². The molecular weight excluding hydrogens is 242 g/mol. The van der Waals surface area contributed by atoms with Gasteiger partial charge in [-0.05, 0) is 54.1 Å². The van der Waals surface area contributed by atoms with Crippen LogP contribution in [0.2, 0.25) is 0 Å². The summed E-state index contributed by atoms with van der Waals surface area (Å²) in [5, 5.41) is 0. The van der Waals surface area contributed by atoms with E-state index in [1.807, 2.05) is 0 Å². The number of aromatic nitrogens is 1. The number of hydrogen-bond acceptors (Lipinski definition) is 1. The van der Waals surface area contributed by atoms with Gasteiger partial charge in [-0.15, -0.1) is 0 Å². The fourth-order valence-electron chi connectivity index (χ4n) is 3.35. The van der Waals surface area contributed by atoms with Crippen molar-refractivity contribution in [2.45, 2.75) is 78.6 Å². The highest BCUT2D eigenvalue weighted by molar-refractivity contribution is 5.23. The highest BCUT2D eigenvalue weighted by Gasteiger charge is 2.30. The first-order chi connectivity index (χ1) is 9.18. The van der Waals surface area contributed by atoms with Crippen LogP contribution in [0.1, 0.15) is 84.4 Å². The van der Waals surface area contributed by atoms with Crippen LogP contribution in [0.15, 0.2) is 18.3 Å². The van der Waals surface area contributed by atoms with Gasteiger partial charge in [-0.1, -0.05) is 47.6 Å². The average Bonchev–Trinajstić information content (AvgIpc) is 2.37. The van der Waals surface area contributed by atoms with Gasteiger partial charge in [-0.25, -0.2) is 0 Å². The molecule has 0 unspecified atom stereocenters. The topological polar surface area (TPSA) is 12.9 Å². The summed E-state index contributed by atoms with van der Waals surface area (Å²) in [6.45, 7) is 13.9. The largest absolute Gasteiger partial charge is 0.261 e. The van der Waals surface area contributed by atoms with Crippen LogP contribution in [0, 0.1) is 11.3 Å². The summed E-state index contributed by atoms with van der Waals surface area (Å²) in [4.78, 5) is 4.76. The Labute approximate surface area is 125 Å². The fourth-order valence-corrected chi connectivity index (χ4v) is 3.35. The molecule has 1 aliphatic rings. The van der Waals surface area contributed by atoms with E-state index in [1.165, 1.54) is 36.9 Å². The summed E-state index contributed by atoms with van der Waals surface area (Å²) >= 11 is 0. The van der Waals surface area contributed by atoms with E-state index < -0.39 is 0 Å². The third-order valence-electron chi connectivity index (χ3n) is 5.02. The zero-order valence-electron chi connectivity index (χ0n) is 14.2. The average molecular weight is 273 g/mol. The summed E-state index contributed by atoms with van der Waals surface area (Å²) in [6.07, 6.45) is 7.42. The van der Waals surface area contributed by atoms with Crippen molar-refractivity contribution in [3.05, 3.63) is 29.6 Å². The Balaban J connectivity index is 2.01. The SMILES string of the molecule is CC(C)(C)c1ccc(C2CCC(C(C)(C)C)CC2)nc1. The van der Waals surface area contributed by atoms with E-state index in [4.69, 9.17) is 4.98 Å². The molecule has 0 aromatic carbocycles. The molecule has 0 radical (unpaired) electrons. The molecule has 0 saturated heterocycles. The maximum Gasteiger partial charge on any atom is 0.0434 e. The van der Waals surface area contributed by atoms with Gasteiger partial charge in [0, 0.05) is 17.8 Å². The molecule has 1 heteroatoms. The van der Waals surface area contributed by atoms with Gasteiger partial charge in [0.05, 0.1) is 0 Å². The standard InChI is InChI=1S/C19H31N/c1-18(2,3)15-9-7-14(8-10-15)17-12-11-16(13-20-17)19(4,5)6/h11-15H,7-10H2,1-6H3. The number of rotatable bonds is 1. The normalized spacial score (nSPS) is 24.7. The van der Waals surface area contributed by atoms with Gasteiger partial charge >= 0.3 is 0 Å². The number of nitrogens with zero attached hydrogens (tertiary/aromatic N) is 1. The highest BCUT2D eigenvalue weighted by Crippen LogP contribution is 2.42. The maximum absolute atomic E-state index is 4.76. The first-order valence-electron chi connectivity index (χ1n) is 8.14. The lowest BCUT2D eigenvalue weighted by Crippen LogP contribution is -2.25. The van der Waals surface area contributed by atoms with E-state index in [1.54, 1.807) is 0 Å². The molecule has 0 amide bonds. The van der Waals surface area contributed by atoms with Gasteiger partial charge in [0.2, 0.25) is 0 Å². The summed E-state index contributed by atoms with van der Waals surface area (Å²) in [6, 6.07) is 4.54. The molecular formula is C19H31N. The van der Waals surface area contributed by atoms with Crippen LogP contribution >= 0.6 is 0 Å². The smallest absolute Gasteiger partial charge is 0.0434 e. The van der Waals surface area contributed by atoms with Crippen molar-refractivity contribution >= 4 is 0 Å². The van der Waals surface area contributed by atoms with Gasteiger partial charge in [0.25, 0.3) is 0 Å². The second-order valence-corrected chi connectivity index (χ2v) is 8.64. The number of hydrogen-bond donors (Lipinski definition) is 0. The van der Waals surface area contributed by atoms with Crippen molar-refractivity contribution in [3.63, 3.8) is 0 Å². The van der Waals surface area contributed by atoms with Gasteiger partial charge in [0.15, 0.2) is 0 Å². The molecule has 1 aliphatic carbocycles. The predicted molar refractivity (Wildman–Crippen MR) is 87.1 cm³/mol. The Bertz CT molecular complexity index is 422. The minimum Gasteiger partial charge on any atom is -0.261 e. The summed E-state index contributed by atoms with van der Waals surface area (Å²) < 4.78 is 0. The zero-order valence-corrected chi connectivity index (χ0v) is 14.2.